The summed E-state index contributed by atoms with van der Waals surface area (Å²) in [5.41, 5.74) is 14.4. The quantitative estimate of drug-likeness (QED) is 0.670. The van der Waals surface area contributed by atoms with Crippen molar-refractivity contribution in [3.05, 3.63) is 47.7 Å². The fourth-order valence-electron chi connectivity index (χ4n) is 2.94. The third kappa shape index (κ3) is 4.55. The SMILES string of the molecule is CC(C)(C)OC(=O)c1ccc(CCCn2ccc3nc(N)nc(N)c32)cc1. The molecule has 0 aliphatic carbocycles. The van der Waals surface area contributed by atoms with E-state index in [0.717, 1.165) is 36.0 Å². The molecule has 0 unspecified atom stereocenters. The molecule has 1 aromatic carbocycles. The average molecular weight is 367 g/mol. The Morgan fingerprint density at radius 2 is 1.81 bits per heavy atom. The predicted molar refractivity (Wildman–Crippen MR) is 106 cm³/mol. The number of benzene rings is 1. The van der Waals surface area contributed by atoms with Crippen LogP contribution in [0.5, 0.6) is 0 Å². The number of nitrogen functional groups attached to an aromatic ring is 2. The lowest BCUT2D eigenvalue weighted by molar-refractivity contribution is 0.00695. The number of ether oxygens (including phenoxy) is 1. The number of aryl methyl sites for hydroxylation is 2. The van der Waals surface area contributed by atoms with Crippen molar-refractivity contribution in [3.63, 3.8) is 0 Å². The van der Waals surface area contributed by atoms with Crippen molar-refractivity contribution in [1.82, 2.24) is 14.5 Å². The molecule has 2 heterocycles. The maximum Gasteiger partial charge on any atom is 0.338 e. The van der Waals surface area contributed by atoms with Gasteiger partial charge in [0.25, 0.3) is 0 Å². The zero-order chi connectivity index (χ0) is 19.6. The minimum absolute atomic E-state index is 0.183. The first-order chi connectivity index (χ1) is 12.7. The van der Waals surface area contributed by atoms with Crippen LogP contribution in [0.1, 0.15) is 43.1 Å². The van der Waals surface area contributed by atoms with Crippen molar-refractivity contribution in [2.45, 2.75) is 45.8 Å². The third-order valence-corrected chi connectivity index (χ3v) is 4.11. The van der Waals surface area contributed by atoms with Crippen LogP contribution in [0, 0.1) is 0 Å². The van der Waals surface area contributed by atoms with E-state index >= 15 is 0 Å². The number of aromatic nitrogens is 3. The number of hydrogen-bond acceptors (Lipinski definition) is 6. The summed E-state index contributed by atoms with van der Waals surface area (Å²) in [6.07, 6.45) is 3.74. The van der Waals surface area contributed by atoms with Gasteiger partial charge in [-0.05, 0) is 57.4 Å². The number of esters is 1. The summed E-state index contributed by atoms with van der Waals surface area (Å²) in [6.45, 7) is 6.36. The second-order valence-corrected chi connectivity index (χ2v) is 7.51. The molecule has 0 fully saturated rings. The van der Waals surface area contributed by atoms with Crippen LogP contribution in [0.25, 0.3) is 11.0 Å². The molecule has 142 valence electrons. The molecule has 0 aliphatic heterocycles. The largest absolute Gasteiger partial charge is 0.456 e. The molecule has 0 saturated carbocycles. The van der Waals surface area contributed by atoms with E-state index in [2.05, 4.69) is 9.97 Å². The second kappa shape index (κ2) is 7.26. The zero-order valence-electron chi connectivity index (χ0n) is 15.9. The number of fused-ring (bicyclic) bond motifs is 1. The van der Waals surface area contributed by atoms with Crippen LogP contribution < -0.4 is 11.5 Å². The number of rotatable bonds is 5. The lowest BCUT2D eigenvalue weighted by atomic mass is 10.1. The van der Waals surface area contributed by atoms with Gasteiger partial charge >= 0.3 is 5.97 Å². The highest BCUT2D eigenvalue weighted by Crippen LogP contribution is 2.21. The van der Waals surface area contributed by atoms with E-state index < -0.39 is 5.60 Å². The lowest BCUT2D eigenvalue weighted by Gasteiger charge is -2.19. The Bertz CT molecular complexity index is 955. The lowest BCUT2D eigenvalue weighted by Crippen LogP contribution is -2.23. The number of hydrogen-bond donors (Lipinski definition) is 2. The summed E-state index contributed by atoms with van der Waals surface area (Å²) >= 11 is 0. The van der Waals surface area contributed by atoms with Crippen LogP contribution in [-0.4, -0.2) is 26.1 Å². The molecule has 27 heavy (non-hydrogen) atoms. The molecule has 0 amide bonds. The molecule has 0 aliphatic rings. The Hall–Kier alpha value is -3.09. The number of anilines is 2. The van der Waals surface area contributed by atoms with Gasteiger partial charge in [0.15, 0.2) is 5.82 Å². The van der Waals surface area contributed by atoms with Crippen LogP contribution in [0.4, 0.5) is 11.8 Å². The predicted octanol–water partition coefficient (Wildman–Crippen LogP) is 3.18. The zero-order valence-corrected chi connectivity index (χ0v) is 15.9. The highest BCUT2D eigenvalue weighted by Gasteiger charge is 2.17. The summed E-state index contributed by atoms with van der Waals surface area (Å²) in [5, 5.41) is 0. The summed E-state index contributed by atoms with van der Waals surface area (Å²) in [7, 11) is 0. The number of nitrogens with zero attached hydrogens (tertiary/aromatic N) is 3. The summed E-state index contributed by atoms with van der Waals surface area (Å²) < 4.78 is 7.42. The summed E-state index contributed by atoms with van der Waals surface area (Å²) in [4.78, 5) is 20.3. The van der Waals surface area contributed by atoms with Crippen molar-refractivity contribution in [2.75, 3.05) is 11.5 Å². The van der Waals surface area contributed by atoms with Crippen molar-refractivity contribution in [3.8, 4) is 0 Å². The maximum absolute atomic E-state index is 12.1. The molecule has 4 N–H and O–H groups in total. The van der Waals surface area contributed by atoms with Gasteiger partial charge in [-0.25, -0.2) is 9.78 Å². The molecule has 3 rings (SSSR count). The molecular formula is C20H25N5O2. The Morgan fingerprint density at radius 1 is 1.11 bits per heavy atom. The minimum atomic E-state index is -0.495. The first-order valence-electron chi connectivity index (χ1n) is 8.93. The van der Waals surface area contributed by atoms with E-state index in [0.29, 0.717) is 11.4 Å². The van der Waals surface area contributed by atoms with Gasteiger partial charge in [0.2, 0.25) is 5.95 Å². The van der Waals surface area contributed by atoms with Gasteiger partial charge in [-0.15, -0.1) is 0 Å². The first-order valence-corrected chi connectivity index (χ1v) is 8.93. The van der Waals surface area contributed by atoms with E-state index in [-0.39, 0.29) is 11.9 Å². The fraction of sp³-hybridized carbons (Fsp3) is 0.350. The molecule has 0 atom stereocenters. The highest BCUT2D eigenvalue weighted by molar-refractivity contribution is 5.89. The number of carbonyl (C=O) groups is 1. The van der Waals surface area contributed by atoms with Crippen molar-refractivity contribution in [1.29, 1.82) is 0 Å². The topological polar surface area (TPSA) is 109 Å². The monoisotopic (exact) mass is 367 g/mol. The molecular weight excluding hydrogens is 342 g/mol. The maximum atomic E-state index is 12.1. The van der Waals surface area contributed by atoms with Gasteiger partial charge in [-0.2, -0.15) is 4.98 Å². The van der Waals surface area contributed by atoms with Gasteiger partial charge in [0, 0.05) is 12.7 Å². The van der Waals surface area contributed by atoms with Gasteiger partial charge < -0.3 is 20.8 Å². The Balaban J connectivity index is 1.61. The normalized spacial score (nSPS) is 11.7. The van der Waals surface area contributed by atoms with Crippen LogP contribution in [0.2, 0.25) is 0 Å². The number of nitrogens with two attached hydrogens (primary N) is 2. The standard InChI is InChI=1S/C20H25N5O2/c1-20(2,3)27-18(26)14-8-6-13(7-9-14)5-4-11-25-12-10-15-16(25)17(21)24-19(22)23-15/h6-10,12H,4-5,11H2,1-3H3,(H4,21,22,23,24). The Kier molecular flexibility index (Phi) is 5.03. The Labute approximate surface area is 158 Å². The molecule has 0 bridgehead atoms. The van der Waals surface area contributed by atoms with E-state index in [1.165, 1.54) is 0 Å². The summed E-state index contributed by atoms with van der Waals surface area (Å²) in [5.74, 6) is 0.273. The van der Waals surface area contributed by atoms with E-state index in [1.807, 2.05) is 61.9 Å². The van der Waals surface area contributed by atoms with Crippen molar-refractivity contribution >= 4 is 28.8 Å². The molecule has 0 radical (unpaired) electrons. The van der Waals surface area contributed by atoms with Crippen molar-refractivity contribution in [2.24, 2.45) is 0 Å². The highest BCUT2D eigenvalue weighted by atomic mass is 16.6. The van der Waals surface area contributed by atoms with Crippen LogP contribution in [0.3, 0.4) is 0 Å². The summed E-state index contributed by atoms with van der Waals surface area (Å²) in [6, 6.07) is 9.43. The van der Waals surface area contributed by atoms with Crippen LogP contribution >= 0.6 is 0 Å². The molecule has 3 aromatic rings. The van der Waals surface area contributed by atoms with E-state index in [1.54, 1.807) is 0 Å². The molecule has 0 spiro atoms. The molecule has 0 saturated heterocycles. The molecule has 7 heteroatoms. The molecule has 2 aromatic heterocycles. The van der Waals surface area contributed by atoms with Gasteiger partial charge in [-0.1, -0.05) is 12.1 Å². The second-order valence-electron chi connectivity index (χ2n) is 7.51. The first kappa shape index (κ1) is 18.7. The molecule has 7 nitrogen and oxygen atoms in total. The van der Waals surface area contributed by atoms with E-state index in [4.69, 9.17) is 16.2 Å². The average Bonchev–Trinajstić information content (AvgIpc) is 2.97. The minimum Gasteiger partial charge on any atom is -0.456 e. The van der Waals surface area contributed by atoms with Crippen molar-refractivity contribution < 1.29 is 9.53 Å². The Morgan fingerprint density at radius 3 is 2.48 bits per heavy atom. The van der Waals surface area contributed by atoms with Crippen LogP contribution in [0.15, 0.2) is 36.5 Å². The van der Waals surface area contributed by atoms with E-state index in [9.17, 15) is 4.79 Å². The van der Waals surface area contributed by atoms with Gasteiger partial charge in [0.1, 0.15) is 11.1 Å². The number of carbonyl (C=O) groups excluding carboxylic acids is 1. The van der Waals surface area contributed by atoms with Crippen LogP contribution in [-0.2, 0) is 17.7 Å². The smallest absolute Gasteiger partial charge is 0.338 e. The third-order valence-electron chi connectivity index (χ3n) is 4.11. The fourth-order valence-corrected chi connectivity index (χ4v) is 2.94. The van der Waals surface area contributed by atoms with Gasteiger partial charge in [0.05, 0.1) is 11.1 Å². The van der Waals surface area contributed by atoms with Gasteiger partial charge in [-0.3, -0.25) is 0 Å².